The Hall–Kier alpha value is -0.630. The minimum absolute atomic E-state index is 0.0771. The summed E-state index contributed by atoms with van der Waals surface area (Å²) in [6.45, 7) is 3.66. The fraction of sp³-hybridized carbons (Fsp3) is 0.929. The molecule has 3 atom stereocenters. The van der Waals surface area contributed by atoms with E-state index in [1.54, 1.807) is 7.11 Å². The van der Waals surface area contributed by atoms with Crippen molar-refractivity contribution in [2.45, 2.75) is 63.7 Å². The largest absolute Gasteiger partial charge is 0.381 e. The van der Waals surface area contributed by atoms with E-state index in [4.69, 9.17) is 14.7 Å². The van der Waals surface area contributed by atoms with E-state index in [1.165, 1.54) is 6.42 Å². The summed E-state index contributed by atoms with van der Waals surface area (Å²) in [5.41, 5.74) is 0. The number of hydrogen-bond acceptors (Lipinski definition) is 4. The van der Waals surface area contributed by atoms with Gasteiger partial charge in [-0.2, -0.15) is 5.26 Å². The average Bonchev–Trinajstić information content (AvgIpc) is 2.43. The first-order valence-electron chi connectivity index (χ1n) is 7.07. The van der Waals surface area contributed by atoms with Crippen LogP contribution in [0.2, 0.25) is 0 Å². The van der Waals surface area contributed by atoms with Gasteiger partial charge in [0.2, 0.25) is 0 Å². The average molecular weight is 254 g/mol. The number of methoxy groups -OCH3 is 1. The molecule has 1 rings (SSSR count). The van der Waals surface area contributed by atoms with Gasteiger partial charge in [0.1, 0.15) is 0 Å². The van der Waals surface area contributed by atoms with Crippen molar-refractivity contribution in [3.63, 3.8) is 0 Å². The molecule has 3 unspecified atom stereocenters. The summed E-state index contributed by atoms with van der Waals surface area (Å²) >= 11 is 0. The summed E-state index contributed by atoms with van der Waals surface area (Å²) in [4.78, 5) is 0. The molecule has 4 heteroatoms. The Morgan fingerprint density at radius 2 is 2.17 bits per heavy atom. The third kappa shape index (κ3) is 5.81. The zero-order chi connectivity index (χ0) is 13.2. The van der Waals surface area contributed by atoms with Crippen LogP contribution in [0.1, 0.15) is 45.4 Å². The highest BCUT2D eigenvalue weighted by atomic mass is 16.5. The number of nitrogens with zero attached hydrogens (tertiary/aromatic N) is 1. The molecule has 1 fully saturated rings. The van der Waals surface area contributed by atoms with Crippen LogP contribution in [0.15, 0.2) is 0 Å². The number of hydrogen-bond donors (Lipinski definition) is 1. The normalized spacial score (nSPS) is 25.6. The van der Waals surface area contributed by atoms with Gasteiger partial charge >= 0.3 is 0 Å². The van der Waals surface area contributed by atoms with Crippen LogP contribution in [0, 0.1) is 11.3 Å². The summed E-state index contributed by atoms with van der Waals surface area (Å²) in [5.74, 6) is 0. The van der Waals surface area contributed by atoms with Crippen molar-refractivity contribution < 1.29 is 9.47 Å². The monoisotopic (exact) mass is 254 g/mol. The maximum atomic E-state index is 8.98. The molecule has 0 radical (unpaired) electrons. The lowest BCUT2D eigenvalue weighted by Gasteiger charge is -2.28. The van der Waals surface area contributed by atoms with E-state index in [9.17, 15) is 0 Å². The topological polar surface area (TPSA) is 54.3 Å². The molecule has 0 heterocycles. The number of nitrogens with one attached hydrogen (secondary N) is 1. The van der Waals surface area contributed by atoms with Crippen molar-refractivity contribution >= 4 is 0 Å². The molecule has 0 aromatic rings. The third-order valence-electron chi connectivity index (χ3n) is 3.47. The van der Waals surface area contributed by atoms with Crippen LogP contribution in [-0.4, -0.2) is 38.5 Å². The molecule has 0 bridgehead atoms. The van der Waals surface area contributed by atoms with Gasteiger partial charge in [0.05, 0.1) is 24.3 Å². The first kappa shape index (κ1) is 15.4. The van der Waals surface area contributed by atoms with Crippen LogP contribution in [0.25, 0.3) is 0 Å². The minimum Gasteiger partial charge on any atom is -0.381 e. The Labute approximate surface area is 111 Å². The third-order valence-corrected chi connectivity index (χ3v) is 3.47. The maximum Gasteiger partial charge on any atom is 0.0975 e. The second kappa shape index (κ2) is 9.32. The van der Waals surface area contributed by atoms with Gasteiger partial charge in [0.25, 0.3) is 0 Å². The molecule has 18 heavy (non-hydrogen) atoms. The van der Waals surface area contributed by atoms with Crippen LogP contribution in [-0.2, 0) is 9.47 Å². The molecule has 0 spiro atoms. The Balaban J connectivity index is 2.14. The maximum absolute atomic E-state index is 8.98. The zero-order valence-electron chi connectivity index (χ0n) is 11.7. The zero-order valence-corrected chi connectivity index (χ0v) is 11.7. The molecule has 0 amide bonds. The molecule has 0 aromatic heterocycles. The highest BCUT2D eigenvalue weighted by Crippen LogP contribution is 2.23. The van der Waals surface area contributed by atoms with Crippen LogP contribution in [0.5, 0.6) is 0 Å². The second-order valence-corrected chi connectivity index (χ2v) is 4.94. The quantitative estimate of drug-likeness (QED) is 0.722. The summed E-state index contributed by atoms with van der Waals surface area (Å²) < 4.78 is 11.2. The predicted octanol–water partition coefficient (Wildman–Crippen LogP) is 2.24. The Bertz CT molecular complexity index is 253. The van der Waals surface area contributed by atoms with Gasteiger partial charge < -0.3 is 14.8 Å². The molecule has 1 aliphatic carbocycles. The molecule has 4 nitrogen and oxygen atoms in total. The fourth-order valence-corrected chi connectivity index (χ4v) is 2.35. The predicted molar refractivity (Wildman–Crippen MR) is 71.3 cm³/mol. The van der Waals surface area contributed by atoms with Crippen molar-refractivity contribution in [3.8, 4) is 6.07 Å². The van der Waals surface area contributed by atoms with Gasteiger partial charge in [0.15, 0.2) is 0 Å². The van der Waals surface area contributed by atoms with Gasteiger partial charge in [-0.1, -0.05) is 6.92 Å². The van der Waals surface area contributed by atoms with E-state index in [0.29, 0.717) is 18.8 Å². The highest BCUT2D eigenvalue weighted by molar-refractivity contribution is 4.89. The smallest absolute Gasteiger partial charge is 0.0975 e. The first-order valence-corrected chi connectivity index (χ1v) is 7.07. The number of nitriles is 1. The van der Waals surface area contributed by atoms with Crippen molar-refractivity contribution in [2.75, 3.05) is 20.3 Å². The SMILES string of the molecule is CCCNC(C#N)CCOC1CCCC(OC)C1. The van der Waals surface area contributed by atoms with E-state index in [2.05, 4.69) is 18.3 Å². The van der Waals surface area contributed by atoms with Crippen LogP contribution in [0.4, 0.5) is 0 Å². The van der Waals surface area contributed by atoms with Crippen LogP contribution in [0.3, 0.4) is 0 Å². The first-order chi connectivity index (χ1) is 8.80. The molecule has 1 saturated carbocycles. The summed E-state index contributed by atoms with van der Waals surface area (Å²) in [6, 6.07) is 2.20. The van der Waals surface area contributed by atoms with E-state index < -0.39 is 0 Å². The van der Waals surface area contributed by atoms with Crippen LogP contribution < -0.4 is 5.32 Å². The standard InChI is InChI=1S/C14H26N2O2/c1-3-8-16-12(11-15)7-9-18-14-6-4-5-13(10-14)17-2/h12-14,16H,3-10H2,1-2H3. The Morgan fingerprint density at radius 1 is 1.39 bits per heavy atom. The molecule has 1 aliphatic rings. The van der Waals surface area contributed by atoms with Gasteiger partial charge in [-0.3, -0.25) is 0 Å². The van der Waals surface area contributed by atoms with Crippen molar-refractivity contribution in [3.05, 3.63) is 0 Å². The summed E-state index contributed by atoms with van der Waals surface area (Å²) in [6.07, 6.45) is 6.94. The van der Waals surface area contributed by atoms with E-state index in [1.807, 2.05) is 0 Å². The van der Waals surface area contributed by atoms with Crippen LogP contribution >= 0.6 is 0 Å². The van der Waals surface area contributed by atoms with Gasteiger partial charge in [0, 0.05) is 13.7 Å². The summed E-state index contributed by atoms with van der Waals surface area (Å²) in [5, 5.41) is 12.2. The highest BCUT2D eigenvalue weighted by Gasteiger charge is 2.22. The van der Waals surface area contributed by atoms with Crippen molar-refractivity contribution in [1.82, 2.24) is 5.32 Å². The molecule has 1 N–H and O–H groups in total. The molecular formula is C14H26N2O2. The van der Waals surface area contributed by atoms with Crippen molar-refractivity contribution in [1.29, 1.82) is 5.26 Å². The summed E-state index contributed by atoms with van der Waals surface area (Å²) in [7, 11) is 1.77. The van der Waals surface area contributed by atoms with E-state index >= 15 is 0 Å². The van der Waals surface area contributed by atoms with Gasteiger partial charge in [-0.15, -0.1) is 0 Å². The molecule has 0 saturated heterocycles. The van der Waals surface area contributed by atoms with E-state index in [0.717, 1.165) is 38.6 Å². The lowest BCUT2D eigenvalue weighted by atomic mass is 9.95. The minimum atomic E-state index is -0.0771. The Morgan fingerprint density at radius 3 is 2.83 bits per heavy atom. The molecule has 0 aliphatic heterocycles. The fourth-order valence-electron chi connectivity index (χ4n) is 2.35. The molecular weight excluding hydrogens is 228 g/mol. The van der Waals surface area contributed by atoms with E-state index in [-0.39, 0.29) is 6.04 Å². The van der Waals surface area contributed by atoms with Gasteiger partial charge in [-0.25, -0.2) is 0 Å². The van der Waals surface area contributed by atoms with Crippen molar-refractivity contribution in [2.24, 2.45) is 0 Å². The lowest BCUT2D eigenvalue weighted by Crippen LogP contribution is -2.32. The van der Waals surface area contributed by atoms with Gasteiger partial charge in [-0.05, 0) is 45.1 Å². The number of rotatable bonds is 8. The Kier molecular flexibility index (Phi) is 7.99. The molecule has 104 valence electrons. The molecule has 0 aromatic carbocycles. The number of ether oxygens (including phenoxy) is 2. The lowest BCUT2D eigenvalue weighted by molar-refractivity contribution is -0.0307. The second-order valence-electron chi connectivity index (χ2n) is 4.94.